The standard InChI is InChI=1S/C24H19N3O4/c1-30-21-12-10-20(11-13-21)27-24(29)18-6-8-19(9-7-18)26-23(28)17-4-2-16(3-5-17)22-14-25-15-31-22/h2-15H,1H3,(H,26,28)(H,27,29). The quantitative estimate of drug-likeness (QED) is 0.471. The van der Waals surface area contributed by atoms with Gasteiger partial charge in [-0.1, -0.05) is 12.1 Å². The summed E-state index contributed by atoms with van der Waals surface area (Å²) in [5.41, 5.74) is 3.07. The minimum atomic E-state index is -0.250. The summed E-state index contributed by atoms with van der Waals surface area (Å²) in [7, 11) is 1.58. The molecular formula is C24H19N3O4. The monoisotopic (exact) mass is 413 g/mol. The van der Waals surface area contributed by atoms with Crippen molar-refractivity contribution in [2.24, 2.45) is 0 Å². The molecule has 7 heteroatoms. The number of benzene rings is 3. The Labute approximate surface area is 178 Å². The number of hydrogen-bond acceptors (Lipinski definition) is 5. The lowest BCUT2D eigenvalue weighted by atomic mass is 10.1. The van der Waals surface area contributed by atoms with Gasteiger partial charge in [-0.05, 0) is 60.7 Å². The molecular weight excluding hydrogens is 394 g/mol. The van der Waals surface area contributed by atoms with Crippen LogP contribution in [0.15, 0.2) is 89.8 Å². The first kappa shape index (κ1) is 19.9. The number of amides is 2. The molecule has 0 fully saturated rings. The van der Waals surface area contributed by atoms with E-state index in [9.17, 15) is 9.59 Å². The van der Waals surface area contributed by atoms with Crippen molar-refractivity contribution in [1.29, 1.82) is 0 Å². The Hall–Kier alpha value is -4.39. The fraction of sp³-hybridized carbons (Fsp3) is 0.0417. The summed E-state index contributed by atoms with van der Waals surface area (Å²) in [5, 5.41) is 5.64. The summed E-state index contributed by atoms with van der Waals surface area (Å²) < 4.78 is 10.3. The normalized spacial score (nSPS) is 10.4. The molecule has 0 bridgehead atoms. The molecule has 0 radical (unpaired) electrons. The van der Waals surface area contributed by atoms with Crippen molar-refractivity contribution in [3.05, 3.63) is 96.5 Å². The van der Waals surface area contributed by atoms with Crippen LogP contribution in [0.2, 0.25) is 0 Å². The lowest BCUT2D eigenvalue weighted by molar-refractivity contribution is 0.102. The van der Waals surface area contributed by atoms with Crippen molar-refractivity contribution in [1.82, 2.24) is 4.98 Å². The number of carbonyl (C=O) groups excluding carboxylic acids is 2. The number of rotatable bonds is 6. The maximum atomic E-state index is 12.5. The average molecular weight is 413 g/mol. The van der Waals surface area contributed by atoms with Gasteiger partial charge in [0.1, 0.15) is 5.75 Å². The first-order valence-electron chi connectivity index (χ1n) is 9.48. The Morgan fingerprint density at radius 2 is 1.29 bits per heavy atom. The summed E-state index contributed by atoms with van der Waals surface area (Å²) >= 11 is 0. The Balaban J connectivity index is 1.37. The largest absolute Gasteiger partial charge is 0.497 e. The maximum Gasteiger partial charge on any atom is 0.255 e. The molecule has 0 aliphatic heterocycles. The van der Waals surface area contributed by atoms with Crippen molar-refractivity contribution in [2.75, 3.05) is 17.7 Å². The van der Waals surface area contributed by atoms with E-state index in [0.29, 0.717) is 34.0 Å². The molecule has 0 unspecified atom stereocenters. The third-order valence-electron chi connectivity index (χ3n) is 4.62. The van der Waals surface area contributed by atoms with Crippen LogP contribution in [0.25, 0.3) is 11.3 Å². The number of oxazole rings is 1. The molecule has 0 saturated heterocycles. The highest BCUT2D eigenvalue weighted by molar-refractivity contribution is 6.06. The molecule has 0 aliphatic carbocycles. The average Bonchev–Trinajstić information content (AvgIpc) is 3.35. The van der Waals surface area contributed by atoms with Gasteiger partial charge in [-0.2, -0.15) is 0 Å². The second-order valence-corrected chi connectivity index (χ2v) is 6.66. The third-order valence-corrected chi connectivity index (χ3v) is 4.62. The van der Waals surface area contributed by atoms with E-state index >= 15 is 0 Å². The maximum absolute atomic E-state index is 12.5. The molecule has 4 rings (SSSR count). The molecule has 154 valence electrons. The summed E-state index contributed by atoms with van der Waals surface area (Å²) in [6.07, 6.45) is 2.97. The zero-order valence-electron chi connectivity index (χ0n) is 16.7. The molecule has 7 nitrogen and oxygen atoms in total. The van der Waals surface area contributed by atoms with Gasteiger partial charge in [-0.15, -0.1) is 0 Å². The predicted octanol–water partition coefficient (Wildman–Crippen LogP) is 4.85. The Morgan fingerprint density at radius 3 is 1.77 bits per heavy atom. The highest BCUT2D eigenvalue weighted by atomic mass is 16.5. The van der Waals surface area contributed by atoms with Crippen molar-refractivity contribution < 1.29 is 18.7 Å². The Kier molecular flexibility index (Phi) is 5.75. The molecule has 0 aliphatic rings. The van der Waals surface area contributed by atoms with Crippen LogP contribution in [0.1, 0.15) is 20.7 Å². The topological polar surface area (TPSA) is 93.5 Å². The summed E-state index contributed by atoms with van der Waals surface area (Å²) in [5.74, 6) is 0.853. The molecule has 3 aromatic carbocycles. The molecule has 31 heavy (non-hydrogen) atoms. The van der Waals surface area contributed by atoms with Crippen LogP contribution in [0.5, 0.6) is 5.75 Å². The minimum Gasteiger partial charge on any atom is -0.497 e. The van der Waals surface area contributed by atoms with E-state index in [1.54, 1.807) is 86.1 Å². The fourth-order valence-corrected chi connectivity index (χ4v) is 2.93. The Bertz CT molecular complexity index is 1170. The lowest BCUT2D eigenvalue weighted by Crippen LogP contribution is -2.13. The summed E-state index contributed by atoms with van der Waals surface area (Å²) in [6, 6.07) is 20.8. The van der Waals surface area contributed by atoms with E-state index < -0.39 is 0 Å². The van der Waals surface area contributed by atoms with Crippen LogP contribution in [0.3, 0.4) is 0 Å². The van der Waals surface area contributed by atoms with E-state index in [-0.39, 0.29) is 11.8 Å². The summed E-state index contributed by atoms with van der Waals surface area (Å²) in [4.78, 5) is 28.8. The number of nitrogens with one attached hydrogen (secondary N) is 2. The molecule has 1 heterocycles. The van der Waals surface area contributed by atoms with Crippen molar-refractivity contribution in [2.45, 2.75) is 0 Å². The van der Waals surface area contributed by atoms with E-state index in [1.807, 2.05) is 0 Å². The van der Waals surface area contributed by atoms with Crippen LogP contribution in [-0.4, -0.2) is 23.9 Å². The molecule has 1 aromatic heterocycles. The van der Waals surface area contributed by atoms with Crippen LogP contribution < -0.4 is 15.4 Å². The minimum absolute atomic E-state index is 0.244. The van der Waals surface area contributed by atoms with Crippen LogP contribution >= 0.6 is 0 Å². The molecule has 2 amide bonds. The molecule has 0 atom stereocenters. The van der Waals surface area contributed by atoms with Gasteiger partial charge in [0.05, 0.1) is 13.3 Å². The van der Waals surface area contributed by atoms with E-state index in [0.717, 1.165) is 5.56 Å². The third kappa shape index (κ3) is 4.79. The van der Waals surface area contributed by atoms with Crippen molar-refractivity contribution >= 4 is 23.2 Å². The van der Waals surface area contributed by atoms with Crippen LogP contribution in [0, 0.1) is 0 Å². The first-order chi connectivity index (χ1) is 15.1. The number of aromatic nitrogens is 1. The van der Waals surface area contributed by atoms with Crippen LogP contribution in [0.4, 0.5) is 11.4 Å². The zero-order chi connectivity index (χ0) is 21.6. The molecule has 0 spiro atoms. The molecule has 2 N–H and O–H groups in total. The second kappa shape index (κ2) is 8.96. The fourth-order valence-electron chi connectivity index (χ4n) is 2.93. The van der Waals surface area contributed by atoms with Crippen molar-refractivity contribution in [3.8, 4) is 17.1 Å². The molecule has 4 aromatic rings. The summed E-state index contributed by atoms with van der Waals surface area (Å²) in [6.45, 7) is 0. The highest BCUT2D eigenvalue weighted by Crippen LogP contribution is 2.20. The number of carbonyl (C=O) groups is 2. The first-order valence-corrected chi connectivity index (χ1v) is 9.48. The number of methoxy groups -OCH3 is 1. The van der Waals surface area contributed by atoms with E-state index in [4.69, 9.17) is 9.15 Å². The van der Waals surface area contributed by atoms with Gasteiger partial charge in [-0.3, -0.25) is 9.59 Å². The smallest absolute Gasteiger partial charge is 0.255 e. The number of nitrogens with zero attached hydrogens (tertiary/aromatic N) is 1. The molecule has 0 saturated carbocycles. The SMILES string of the molecule is COc1ccc(NC(=O)c2ccc(NC(=O)c3ccc(-c4cnco4)cc3)cc2)cc1. The van der Waals surface area contributed by atoms with Gasteiger partial charge < -0.3 is 19.8 Å². The predicted molar refractivity (Wildman–Crippen MR) is 117 cm³/mol. The lowest BCUT2D eigenvalue weighted by Gasteiger charge is -2.08. The van der Waals surface area contributed by atoms with E-state index in [1.165, 1.54) is 6.39 Å². The highest BCUT2D eigenvalue weighted by Gasteiger charge is 2.10. The van der Waals surface area contributed by atoms with Gasteiger partial charge in [0.25, 0.3) is 11.8 Å². The van der Waals surface area contributed by atoms with Crippen LogP contribution in [-0.2, 0) is 0 Å². The number of hydrogen-bond donors (Lipinski definition) is 2. The van der Waals surface area contributed by atoms with Crippen molar-refractivity contribution in [3.63, 3.8) is 0 Å². The second-order valence-electron chi connectivity index (χ2n) is 6.66. The number of anilines is 2. The van der Waals surface area contributed by atoms with E-state index in [2.05, 4.69) is 15.6 Å². The van der Waals surface area contributed by atoms with Gasteiger partial charge in [0, 0.05) is 28.1 Å². The zero-order valence-corrected chi connectivity index (χ0v) is 16.7. The van der Waals surface area contributed by atoms with Gasteiger partial charge in [0.2, 0.25) is 0 Å². The number of ether oxygens (including phenoxy) is 1. The Morgan fingerprint density at radius 1 is 0.774 bits per heavy atom. The van der Waals surface area contributed by atoms with Gasteiger partial charge in [-0.25, -0.2) is 4.98 Å². The van der Waals surface area contributed by atoms with Gasteiger partial charge >= 0.3 is 0 Å². The van der Waals surface area contributed by atoms with Gasteiger partial charge in [0.15, 0.2) is 12.2 Å².